The summed E-state index contributed by atoms with van der Waals surface area (Å²) in [6, 6.07) is 3.32. The maximum Gasteiger partial charge on any atom is 0.166 e. The van der Waals surface area contributed by atoms with Crippen LogP contribution in [0, 0.1) is 28.9 Å². The lowest BCUT2D eigenvalue weighted by Gasteiger charge is -2.37. The Balaban J connectivity index is 1.86. The maximum absolute atomic E-state index is 13.7. The predicted octanol–water partition coefficient (Wildman–Crippen LogP) is 3.10. The zero-order valence-corrected chi connectivity index (χ0v) is 12.7. The summed E-state index contributed by atoms with van der Waals surface area (Å²) in [4.78, 5) is 12.5. The van der Waals surface area contributed by atoms with Gasteiger partial charge in [-0.1, -0.05) is 6.42 Å². The normalized spacial score (nSPS) is 30.6. The molecule has 0 spiro atoms. The van der Waals surface area contributed by atoms with Crippen LogP contribution in [0.4, 0.5) is 8.78 Å². The molecule has 1 aromatic rings. The molecule has 2 unspecified atom stereocenters. The molecule has 2 heterocycles. The summed E-state index contributed by atoms with van der Waals surface area (Å²) in [5, 5.41) is 8.71. The molecule has 6 heteroatoms. The molecule has 2 aliphatic heterocycles. The van der Waals surface area contributed by atoms with Gasteiger partial charge in [-0.15, -0.1) is 0 Å². The summed E-state index contributed by atoms with van der Waals surface area (Å²) in [6.45, 7) is 0. The van der Waals surface area contributed by atoms with E-state index in [0.29, 0.717) is 12.8 Å². The predicted molar refractivity (Wildman–Crippen MR) is 77.7 cm³/mol. The molecule has 1 aromatic carbocycles. The summed E-state index contributed by atoms with van der Waals surface area (Å²) in [7, 11) is -0.887. The summed E-state index contributed by atoms with van der Waals surface area (Å²) in [6.07, 6.45) is 3.77. The molecule has 0 N–H and O–H groups in total. The molecule has 2 atom stereocenters. The number of carbonyl (C=O) groups is 1. The van der Waals surface area contributed by atoms with Crippen LogP contribution in [0.3, 0.4) is 0 Å². The van der Waals surface area contributed by atoms with Gasteiger partial charge in [0.2, 0.25) is 0 Å². The van der Waals surface area contributed by atoms with Crippen molar-refractivity contribution in [1.82, 2.24) is 0 Å². The quantitative estimate of drug-likeness (QED) is 0.786. The van der Waals surface area contributed by atoms with E-state index in [0.717, 1.165) is 31.4 Å². The average molecular weight is 323 g/mol. The summed E-state index contributed by atoms with van der Waals surface area (Å²) in [5.41, 5.74) is -0.706. The molecule has 2 fully saturated rings. The topological polar surface area (TPSA) is 57.9 Å². The zero-order valence-electron chi connectivity index (χ0n) is 11.9. The number of nitrogens with zero attached hydrogens (tertiary/aromatic N) is 1. The number of ketones is 1. The lowest BCUT2D eigenvalue weighted by atomic mass is 9.84. The first-order valence-electron chi connectivity index (χ1n) is 7.34. The van der Waals surface area contributed by atoms with E-state index in [4.69, 9.17) is 5.26 Å². The Morgan fingerprint density at radius 3 is 2.23 bits per heavy atom. The first kappa shape index (κ1) is 15.3. The van der Waals surface area contributed by atoms with Crippen LogP contribution in [0.1, 0.15) is 48.0 Å². The van der Waals surface area contributed by atoms with E-state index in [2.05, 4.69) is 0 Å². The molecule has 0 saturated carbocycles. The molecule has 22 heavy (non-hydrogen) atoms. The van der Waals surface area contributed by atoms with Gasteiger partial charge < -0.3 is 0 Å². The maximum atomic E-state index is 13.7. The molecule has 2 bridgehead atoms. The molecule has 2 aliphatic rings. The van der Waals surface area contributed by atoms with Crippen LogP contribution < -0.4 is 0 Å². The number of halogens is 2. The van der Waals surface area contributed by atoms with E-state index in [1.807, 2.05) is 0 Å². The third-order valence-electron chi connectivity index (χ3n) is 4.61. The van der Waals surface area contributed by atoms with Crippen LogP contribution >= 0.6 is 0 Å². The minimum Gasteiger partial charge on any atom is -0.294 e. The number of fused-ring (bicyclic) bond motifs is 2. The van der Waals surface area contributed by atoms with Gasteiger partial charge in [0.25, 0.3) is 0 Å². The fourth-order valence-electron chi connectivity index (χ4n) is 3.51. The molecular formula is C16H15F2NO2S. The Bertz CT molecular complexity index is 659. The van der Waals surface area contributed by atoms with Gasteiger partial charge in [0.05, 0.1) is 0 Å². The van der Waals surface area contributed by atoms with Gasteiger partial charge in [0.1, 0.15) is 23.3 Å². The van der Waals surface area contributed by atoms with Gasteiger partial charge in [-0.05, 0) is 37.8 Å². The van der Waals surface area contributed by atoms with Crippen LogP contribution in [0.5, 0.6) is 0 Å². The summed E-state index contributed by atoms with van der Waals surface area (Å²) >= 11 is 0. The number of Topliss-reactive ketones (excluding diaryl/α,β-unsaturated/α-hetero) is 1. The molecular weight excluding hydrogens is 308 g/mol. The van der Waals surface area contributed by atoms with E-state index in [1.165, 1.54) is 6.07 Å². The van der Waals surface area contributed by atoms with Gasteiger partial charge in [0, 0.05) is 32.8 Å². The van der Waals surface area contributed by atoms with E-state index < -0.39 is 28.0 Å². The van der Waals surface area contributed by atoms with Crippen LogP contribution in [0.25, 0.3) is 0 Å². The highest BCUT2D eigenvalue weighted by atomic mass is 32.2. The van der Waals surface area contributed by atoms with Crippen molar-refractivity contribution in [3.63, 3.8) is 0 Å². The van der Waals surface area contributed by atoms with E-state index in [1.54, 1.807) is 0 Å². The lowest BCUT2D eigenvalue weighted by Crippen LogP contribution is -2.41. The van der Waals surface area contributed by atoms with Gasteiger partial charge in [0.15, 0.2) is 5.78 Å². The zero-order chi connectivity index (χ0) is 15.9. The van der Waals surface area contributed by atoms with Crippen LogP contribution in [0.2, 0.25) is 0 Å². The fourth-order valence-corrected chi connectivity index (χ4v) is 5.69. The largest absolute Gasteiger partial charge is 0.294 e. The second-order valence-corrected chi connectivity index (χ2v) is 7.95. The van der Waals surface area contributed by atoms with Crippen molar-refractivity contribution in [3.05, 3.63) is 34.9 Å². The van der Waals surface area contributed by atoms with Crippen molar-refractivity contribution in [2.45, 2.75) is 42.6 Å². The average Bonchev–Trinajstić information content (AvgIpc) is 2.46. The molecule has 116 valence electrons. The molecule has 0 amide bonds. The fraction of sp³-hybridized carbons (Fsp3) is 0.500. The van der Waals surface area contributed by atoms with Crippen molar-refractivity contribution in [1.29, 1.82) is 5.26 Å². The Labute approximate surface area is 129 Å². The number of hydrogen-bond donors (Lipinski definition) is 0. The van der Waals surface area contributed by atoms with Crippen molar-refractivity contribution >= 4 is 16.6 Å². The van der Waals surface area contributed by atoms with E-state index in [-0.39, 0.29) is 27.8 Å². The number of carbonyl (C=O) groups excluding carboxylic acids is 1. The van der Waals surface area contributed by atoms with Gasteiger partial charge in [-0.3, -0.25) is 9.00 Å². The Morgan fingerprint density at radius 2 is 1.73 bits per heavy atom. The minimum absolute atomic E-state index is 0.0227. The van der Waals surface area contributed by atoms with Crippen molar-refractivity contribution in [2.75, 3.05) is 0 Å². The molecule has 3 nitrogen and oxygen atoms in total. The third kappa shape index (κ3) is 2.58. The highest BCUT2D eigenvalue weighted by Gasteiger charge is 2.40. The van der Waals surface area contributed by atoms with Gasteiger partial charge >= 0.3 is 0 Å². The number of hydrogen-bond acceptors (Lipinski definition) is 3. The molecule has 0 aliphatic carbocycles. The third-order valence-corrected chi connectivity index (χ3v) is 6.78. The van der Waals surface area contributed by atoms with Crippen molar-refractivity contribution < 1.29 is 17.8 Å². The summed E-state index contributed by atoms with van der Waals surface area (Å²) in [5.74, 6) is -2.66. The Morgan fingerprint density at radius 1 is 1.18 bits per heavy atom. The lowest BCUT2D eigenvalue weighted by molar-refractivity contribution is 0.0894. The number of nitriles is 1. The van der Waals surface area contributed by atoms with E-state index in [9.17, 15) is 17.8 Å². The molecule has 3 rings (SSSR count). The SMILES string of the molecule is N#Cc1c(F)cc(C(=O)C2CC3CCCC(C2)S3=O)cc1F. The first-order valence-corrected chi connectivity index (χ1v) is 8.61. The molecule has 2 saturated heterocycles. The smallest absolute Gasteiger partial charge is 0.166 e. The Kier molecular flexibility index (Phi) is 4.09. The van der Waals surface area contributed by atoms with Crippen molar-refractivity contribution in [2.24, 2.45) is 5.92 Å². The standard InChI is InChI=1S/C16H15F2NO2S/c17-14-6-10(7-15(18)13(14)8-19)16(20)9-4-11-2-1-3-12(5-9)22(11)21/h6-7,9,11-12H,1-5H2. The second kappa shape index (κ2) is 5.88. The van der Waals surface area contributed by atoms with Crippen molar-refractivity contribution in [3.8, 4) is 6.07 Å². The van der Waals surface area contributed by atoms with Crippen LogP contribution in [-0.4, -0.2) is 20.5 Å². The summed E-state index contributed by atoms with van der Waals surface area (Å²) < 4.78 is 39.5. The van der Waals surface area contributed by atoms with E-state index >= 15 is 0 Å². The van der Waals surface area contributed by atoms with Gasteiger partial charge in [-0.2, -0.15) is 5.26 Å². The minimum atomic E-state index is -1.01. The number of benzene rings is 1. The number of rotatable bonds is 2. The Hall–Kier alpha value is -1.61. The molecule has 0 radical (unpaired) electrons. The van der Waals surface area contributed by atoms with Crippen LogP contribution in [0.15, 0.2) is 12.1 Å². The highest BCUT2D eigenvalue weighted by molar-refractivity contribution is 7.86. The highest BCUT2D eigenvalue weighted by Crippen LogP contribution is 2.38. The second-order valence-electron chi connectivity index (χ2n) is 5.96. The molecule has 0 aromatic heterocycles. The van der Waals surface area contributed by atoms with Gasteiger partial charge in [-0.25, -0.2) is 8.78 Å². The first-order chi connectivity index (χ1) is 10.5. The van der Waals surface area contributed by atoms with Crippen LogP contribution in [-0.2, 0) is 10.8 Å². The monoisotopic (exact) mass is 323 g/mol.